The quantitative estimate of drug-likeness (QED) is 0.821. The fourth-order valence-corrected chi connectivity index (χ4v) is 4.67. The summed E-state index contributed by atoms with van der Waals surface area (Å²) < 4.78 is 0. The molecule has 0 saturated carbocycles. The van der Waals surface area contributed by atoms with Crippen molar-refractivity contribution in [2.45, 2.75) is 44.8 Å². The lowest BCUT2D eigenvalue weighted by molar-refractivity contribution is -0.127. The van der Waals surface area contributed by atoms with E-state index in [-0.39, 0.29) is 11.8 Å². The minimum absolute atomic E-state index is 0.118. The summed E-state index contributed by atoms with van der Waals surface area (Å²) in [5.74, 6) is 0.320. The number of nitrogens with zero attached hydrogens (tertiary/aromatic N) is 3. The summed E-state index contributed by atoms with van der Waals surface area (Å²) in [7, 11) is 0. The van der Waals surface area contributed by atoms with Crippen molar-refractivity contribution in [3.05, 3.63) is 66.0 Å². The minimum Gasteiger partial charge on any atom is -0.352 e. The zero-order valence-corrected chi connectivity index (χ0v) is 17.2. The zero-order valence-electron chi connectivity index (χ0n) is 17.2. The highest BCUT2D eigenvalue weighted by Gasteiger charge is 2.31. The van der Waals surface area contributed by atoms with Gasteiger partial charge in [0.2, 0.25) is 5.91 Å². The Labute approximate surface area is 174 Å². The third kappa shape index (κ3) is 5.64. The second-order valence-electron chi connectivity index (χ2n) is 8.40. The summed E-state index contributed by atoms with van der Waals surface area (Å²) in [4.78, 5) is 21.9. The molecule has 0 bridgehead atoms. The van der Waals surface area contributed by atoms with E-state index in [1.165, 1.54) is 18.4 Å². The highest BCUT2D eigenvalue weighted by atomic mass is 16.1. The summed E-state index contributed by atoms with van der Waals surface area (Å²) >= 11 is 0. The van der Waals surface area contributed by atoms with E-state index in [1.54, 1.807) is 12.4 Å². The van der Waals surface area contributed by atoms with Gasteiger partial charge in [-0.25, -0.2) is 0 Å². The SMILES string of the molecule is O=C(NCc1ccncc1)C1CCCN(C2CCN(Cc3ccccc3)CC2)C1. The molecule has 2 saturated heterocycles. The average molecular weight is 393 g/mol. The molecule has 2 aliphatic rings. The fraction of sp³-hybridized carbons (Fsp3) is 0.500. The van der Waals surface area contributed by atoms with Gasteiger partial charge in [-0.05, 0) is 68.6 Å². The molecule has 1 N–H and O–H groups in total. The van der Waals surface area contributed by atoms with Gasteiger partial charge in [0, 0.05) is 38.1 Å². The summed E-state index contributed by atoms with van der Waals surface area (Å²) in [5.41, 5.74) is 2.50. The number of hydrogen-bond donors (Lipinski definition) is 1. The first kappa shape index (κ1) is 20.0. The van der Waals surface area contributed by atoms with Gasteiger partial charge in [-0.1, -0.05) is 30.3 Å². The molecule has 4 rings (SSSR count). The Morgan fingerprint density at radius 1 is 0.966 bits per heavy atom. The molecule has 5 nitrogen and oxygen atoms in total. The van der Waals surface area contributed by atoms with Crippen LogP contribution in [0, 0.1) is 5.92 Å². The van der Waals surface area contributed by atoms with Crippen LogP contribution < -0.4 is 5.32 Å². The number of carbonyl (C=O) groups excluding carboxylic acids is 1. The molecule has 1 amide bonds. The van der Waals surface area contributed by atoms with Crippen molar-refractivity contribution >= 4 is 5.91 Å². The van der Waals surface area contributed by atoms with E-state index in [9.17, 15) is 4.79 Å². The Morgan fingerprint density at radius 2 is 1.72 bits per heavy atom. The van der Waals surface area contributed by atoms with E-state index in [1.807, 2.05) is 12.1 Å². The molecule has 1 aromatic heterocycles. The molecule has 0 spiro atoms. The lowest BCUT2D eigenvalue weighted by Gasteiger charge is -2.42. The highest BCUT2D eigenvalue weighted by Crippen LogP contribution is 2.24. The number of rotatable bonds is 6. The molecule has 1 aromatic carbocycles. The van der Waals surface area contributed by atoms with Gasteiger partial charge in [-0.2, -0.15) is 0 Å². The van der Waals surface area contributed by atoms with Crippen molar-refractivity contribution in [3.8, 4) is 0 Å². The number of likely N-dealkylation sites (tertiary alicyclic amines) is 2. The zero-order chi connectivity index (χ0) is 19.9. The number of aromatic nitrogens is 1. The number of nitrogens with one attached hydrogen (secondary N) is 1. The van der Waals surface area contributed by atoms with Crippen molar-refractivity contribution in [2.75, 3.05) is 26.2 Å². The van der Waals surface area contributed by atoms with E-state index >= 15 is 0 Å². The van der Waals surface area contributed by atoms with Gasteiger partial charge in [0.1, 0.15) is 0 Å². The van der Waals surface area contributed by atoms with Crippen molar-refractivity contribution in [2.24, 2.45) is 5.92 Å². The number of piperidine rings is 2. The van der Waals surface area contributed by atoms with E-state index in [2.05, 4.69) is 50.4 Å². The van der Waals surface area contributed by atoms with Crippen LogP contribution in [0.2, 0.25) is 0 Å². The molecule has 3 heterocycles. The molecule has 0 aliphatic carbocycles. The van der Waals surface area contributed by atoms with Crippen LogP contribution in [0.5, 0.6) is 0 Å². The largest absolute Gasteiger partial charge is 0.352 e. The summed E-state index contributed by atoms with van der Waals surface area (Å²) in [6.07, 6.45) is 8.08. The number of hydrogen-bond acceptors (Lipinski definition) is 4. The maximum absolute atomic E-state index is 12.7. The molecule has 29 heavy (non-hydrogen) atoms. The van der Waals surface area contributed by atoms with Gasteiger partial charge < -0.3 is 5.32 Å². The van der Waals surface area contributed by atoms with Gasteiger partial charge in [0.25, 0.3) is 0 Å². The molecule has 1 unspecified atom stereocenters. The molecular formula is C24H32N4O. The molecule has 1 atom stereocenters. The molecule has 5 heteroatoms. The van der Waals surface area contributed by atoms with Crippen molar-refractivity contribution in [1.29, 1.82) is 0 Å². The van der Waals surface area contributed by atoms with Crippen LogP contribution in [0.25, 0.3) is 0 Å². The Bertz CT molecular complexity index is 759. The highest BCUT2D eigenvalue weighted by molar-refractivity contribution is 5.78. The topological polar surface area (TPSA) is 48.5 Å². The van der Waals surface area contributed by atoms with Gasteiger partial charge in [0.05, 0.1) is 5.92 Å². The van der Waals surface area contributed by atoms with Gasteiger partial charge in [-0.3, -0.25) is 19.6 Å². The van der Waals surface area contributed by atoms with Crippen molar-refractivity contribution in [1.82, 2.24) is 20.1 Å². The lowest BCUT2D eigenvalue weighted by atomic mass is 9.93. The first-order valence-electron chi connectivity index (χ1n) is 10.9. The maximum Gasteiger partial charge on any atom is 0.224 e. The Morgan fingerprint density at radius 3 is 2.48 bits per heavy atom. The third-order valence-electron chi connectivity index (χ3n) is 6.36. The van der Waals surface area contributed by atoms with E-state index in [0.29, 0.717) is 12.6 Å². The van der Waals surface area contributed by atoms with Crippen molar-refractivity contribution < 1.29 is 4.79 Å². The predicted molar refractivity (Wildman–Crippen MR) is 115 cm³/mol. The van der Waals surface area contributed by atoms with Crippen LogP contribution >= 0.6 is 0 Å². The van der Waals surface area contributed by atoms with E-state index < -0.39 is 0 Å². The van der Waals surface area contributed by atoms with Crippen LogP contribution in [0.1, 0.15) is 36.8 Å². The van der Waals surface area contributed by atoms with Crippen LogP contribution in [-0.4, -0.2) is 52.9 Å². The molecule has 0 radical (unpaired) electrons. The fourth-order valence-electron chi connectivity index (χ4n) is 4.67. The van der Waals surface area contributed by atoms with Gasteiger partial charge >= 0.3 is 0 Å². The normalized spacial score (nSPS) is 21.7. The van der Waals surface area contributed by atoms with Crippen LogP contribution in [-0.2, 0) is 17.9 Å². The van der Waals surface area contributed by atoms with Crippen LogP contribution in [0.15, 0.2) is 54.9 Å². The Hall–Kier alpha value is -2.24. The maximum atomic E-state index is 12.7. The number of amides is 1. The Kier molecular flexibility index (Phi) is 6.91. The smallest absolute Gasteiger partial charge is 0.224 e. The summed E-state index contributed by atoms with van der Waals surface area (Å²) in [5, 5.41) is 3.12. The second kappa shape index (κ2) is 9.99. The van der Waals surface area contributed by atoms with Crippen LogP contribution in [0.4, 0.5) is 0 Å². The first-order valence-corrected chi connectivity index (χ1v) is 10.9. The standard InChI is InChI=1S/C24H32N4O/c29-24(26-17-20-8-12-25-13-9-20)22-7-4-14-28(19-22)23-10-15-27(16-11-23)18-21-5-2-1-3-6-21/h1-3,5-6,8-9,12-13,22-23H,4,7,10-11,14-19H2,(H,26,29). The third-order valence-corrected chi connectivity index (χ3v) is 6.36. The molecule has 154 valence electrons. The van der Waals surface area contributed by atoms with Crippen LogP contribution in [0.3, 0.4) is 0 Å². The molecular weight excluding hydrogens is 360 g/mol. The first-order chi connectivity index (χ1) is 14.3. The van der Waals surface area contributed by atoms with Crippen molar-refractivity contribution in [3.63, 3.8) is 0 Å². The predicted octanol–water partition coefficient (Wildman–Crippen LogP) is 3.07. The Balaban J connectivity index is 1.23. The summed E-state index contributed by atoms with van der Waals surface area (Å²) in [6.45, 7) is 5.98. The van der Waals surface area contributed by atoms with E-state index in [4.69, 9.17) is 0 Å². The monoisotopic (exact) mass is 392 g/mol. The van der Waals surface area contributed by atoms with Gasteiger partial charge in [-0.15, -0.1) is 0 Å². The number of benzene rings is 1. The average Bonchev–Trinajstić information content (AvgIpc) is 2.79. The lowest BCUT2D eigenvalue weighted by Crippen LogP contribution is -2.50. The van der Waals surface area contributed by atoms with Gasteiger partial charge in [0.15, 0.2) is 0 Å². The molecule has 2 aliphatic heterocycles. The minimum atomic E-state index is 0.118. The molecule has 2 fully saturated rings. The number of pyridine rings is 1. The second-order valence-corrected chi connectivity index (χ2v) is 8.40. The summed E-state index contributed by atoms with van der Waals surface area (Å²) in [6, 6.07) is 15.3. The molecule has 2 aromatic rings. The van der Waals surface area contributed by atoms with E-state index in [0.717, 1.165) is 51.1 Å². The number of carbonyl (C=O) groups is 1.